The molecule has 2 aromatic rings. The van der Waals surface area contributed by atoms with Crippen LogP contribution in [0.2, 0.25) is 0 Å². The molecule has 0 spiro atoms. The molecule has 7 nitrogen and oxygen atoms in total. The Morgan fingerprint density at radius 2 is 1.92 bits per heavy atom. The van der Waals surface area contributed by atoms with Crippen molar-refractivity contribution in [3.05, 3.63) is 47.8 Å². The van der Waals surface area contributed by atoms with Crippen molar-refractivity contribution in [1.29, 1.82) is 0 Å². The van der Waals surface area contributed by atoms with Crippen LogP contribution in [-0.4, -0.2) is 41.9 Å². The minimum atomic E-state index is -0.332. The van der Waals surface area contributed by atoms with E-state index in [1.54, 1.807) is 31.4 Å². The van der Waals surface area contributed by atoms with Gasteiger partial charge in [-0.15, -0.1) is 0 Å². The van der Waals surface area contributed by atoms with E-state index in [-0.39, 0.29) is 11.7 Å². The van der Waals surface area contributed by atoms with Crippen LogP contribution in [0.4, 0.5) is 11.6 Å². The van der Waals surface area contributed by atoms with Crippen LogP contribution in [0.15, 0.2) is 36.7 Å². The van der Waals surface area contributed by atoms with Crippen LogP contribution in [0, 0.1) is 0 Å². The maximum Gasteiger partial charge on any atom is 0.258 e. The fraction of sp³-hybridized carbons (Fsp3) is 0.294. The number of carbonyl (C=O) groups excluding carboxylic acids is 2. The first-order chi connectivity index (χ1) is 11.6. The third-order valence-corrected chi connectivity index (χ3v) is 3.25. The van der Waals surface area contributed by atoms with Gasteiger partial charge in [-0.1, -0.05) is 12.1 Å². The highest BCUT2D eigenvalue weighted by atomic mass is 16.5. The summed E-state index contributed by atoms with van der Waals surface area (Å²) in [5.41, 5.74) is 1.43. The van der Waals surface area contributed by atoms with Gasteiger partial charge in [-0.05, 0) is 25.5 Å². The minimum Gasteiger partial charge on any atom is -0.385 e. The van der Waals surface area contributed by atoms with Crippen molar-refractivity contribution in [2.75, 3.05) is 30.9 Å². The summed E-state index contributed by atoms with van der Waals surface area (Å²) in [5, 5.41) is 5.77. The summed E-state index contributed by atoms with van der Waals surface area (Å²) in [6, 6.07) is 6.77. The molecule has 0 atom stereocenters. The highest BCUT2D eigenvalue weighted by molar-refractivity contribution is 6.04. The highest BCUT2D eigenvalue weighted by Crippen LogP contribution is 2.12. The number of nitrogens with one attached hydrogen (secondary N) is 2. The number of methoxy groups -OCH3 is 1. The number of ketones is 1. The molecule has 7 heteroatoms. The van der Waals surface area contributed by atoms with Crippen LogP contribution in [0.5, 0.6) is 0 Å². The molecule has 0 saturated carbocycles. The van der Waals surface area contributed by atoms with E-state index in [1.807, 2.05) is 0 Å². The Bertz CT molecular complexity index is 701. The lowest BCUT2D eigenvalue weighted by Crippen LogP contribution is -2.14. The van der Waals surface area contributed by atoms with Gasteiger partial charge >= 0.3 is 0 Å². The maximum atomic E-state index is 12.2. The minimum absolute atomic E-state index is 0.0571. The van der Waals surface area contributed by atoms with E-state index in [2.05, 4.69) is 20.6 Å². The first-order valence-corrected chi connectivity index (χ1v) is 7.57. The normalized spacial score (nSPS) is 10.2. The Kier molecular flexibility index (Phi) is 6.39. The summed E-state index contributed by atoms with van der Waals surface area (Å²) in [4.78, 5) is 31.8. The van der Waals surface area contributed by atoms with Crippen LogP contribution in [-0.2, 0) is 4.74 Å². The molecule has 0 bridgehead atoms. The van der Waals surface area contributed by atoms with E-state index in [0.29, 0.717) is 35.9 Å². The second-order valence-electron chi connectivity index (χ2n) is 5.16. The van der Waals surface area contributed by atoms with Gasteiger partial charge in [0.15, 0.2) is 5.78 Å². The number of benzene rings is 1. The van der Waals surface area contributed by atoms with Crippen molar-refractivity contribution in [1.82, 2.24) is 9.97 Å². The van der Waals surface area contributed by atoms with Crippen LogP contribution in [0.3, 0.4) is 0 Å². The van der Waals surface area contributed by atoms with Crippen molar-refractivity contribution in [3.63, 3.8) is 0 Å². The Morgan fingerprint density at radius 3 is 2.58 bits per heavy atom. The number of rotatable bonds is 8. The summed E-state index contributed by atoms with van der Waals surface area (Å²) < 4.78 is 4.96. The molecule has 1 aromatic carbocycles. The van der Waals surface area contributed by atoms with Gasteiger partial charge < -0.3 is 15.4 Å². The van der Waals surface area contributed by atoms with Gasteiger partial charge in [-0.25, -0.2) is 9.97 Å². The third-order valence-electron chi connectivity index (χ3n) is 3.25. The molecular formula is C17H20N4O3. The van der Waals surface area contributed by atoms with Gasteiger partial charge in [0.25, 0.3) is 5.91 Å². The molecule has 0 aliphatic rings. The Balaban J connectivity index is 1.95. The van der Waals surface area contributed by atoms with Gasteiger partial charge in [0, 0.05) is 43.9 Å². The molecule has 126 valence electrons. The summed E-state index contributed by atoms with van der Waals surface area (Å²) in [6.45, 7) is 2.83. The van der Waals surface area contributed by atoms with Gasteiger partial charge in [-0.3, -0.25) is 9.59 Å². The molecule has 2 rings (SSSR count). The first-order valence-electron chi connectivity index (χ1n) is 7.57. The van der Waals surface area contributed by atoms with Gasteiger partial charge in [0.2, 0.25) is 5.95 Å². The van der Waals surface area contributed by atoms with Crippen LogP contribution in [0.1, 0.15) is 34.1 Å². The standard InChI is InChI=1S/C17H20N4O3/c1-12(22)13-5-3-6-15(9-13)21-16(23)14-10-19-17(20-11-14)18-7-4-8-24-2/h3,5-6,9-11H,4,7-8H2,1-2H3,(H,21,23)(H,18,19,20). The second-order valence-corrected chi connectivity index (χ2v) is 5.16. The van der Waals surface area contributed by atoms with Gasteiger partial charge in [-0.2, -0.15) is 0 Å². The molecule has 2 N–H and O–H groups in total. The zero-order chi connectivity index (χ0) is 17.4. The molecule has 1 aromatic heterocycles. The quantitative estimate of drug-likeness (QED) is 0.571. The summed E-state index contributed by atoms with van der Waals surface area (Å²) in [5.74, 6) is 0.0706. The van der Waals surface area contributed by atoms with E-state index in [4.69, 9.17) is 4.74 Å². The third kappa shape index (κ3) is 5.13. The van der Waals surface area contributed by atoms with Gasteiger partial charge in [0.05, 0.1) is 5.56 Å². The molecule has 1 heterocycles. The monoisotopic (exact) mass is 328 g/mol. The SMILES string of the molecule is COCCCNc1ncc(C(=O)Nc2cccc(C(C)=O)c2)cn1. The number of amides is 1. The highest BCUT2D eigenvalue weighted by Gasteiger charge is 2.09. The van der Waals surface area contributed by atoms with Crippen molar-refractivity contribution in [2.24, 2.45) is 0 Å². The lowest BCUT2D eigenvalue weighted by molar-refractivity contribution is 0.101. The van der Waals surface area contributed by atoms with Crippen molar-refractivity contribution >= 4 is 23.3 Å². The average Bonchev–Trinajstić information content (AvgIpc) is 2.59. The molecule has 0 unspecified atom stereocenters. The number of anilines is 2. The predicted molar refractivity (Wildman–Crippen MR) is 91.4 cm³/mol. The molecule has 0 saturated heterocycles. The lowest BCUT2D eigenvalue weighted by Gasteiger charge is -2.07. The number of nitrogens with zero attached hydrogens (tertiary/aromatic N) is 2. The van der Waals surface area contributed by atoms with Crippen LogP contribution >= 0.6 is 0 Å². The molecule has 0 radical (unpaired) electrons. The number of aromatic nitrogens is 2. The molecule has 1 amide bonds. The van der Waals surface area contributed by atoms with Crippen LogP contribution in [0.25, 0.3) is 0 Å². The van der Waals surface area contributed by atoms with E-state index in [0.717, 1.165) is 6.42 Å². The zero-order valence-corrected chi connectivity index (χ0v) is 13.7. The van der Waals surface area contributed by atoms with Crippen LogP contribution < -0.4 is 10.6 Å². The van der Waals surface area contributed by atoms with E-state index >= 15 is 0 Å². The first kappa shape index (κ1) is 17.6. The Hall–Kier alpha value is -2.80. The molecular weight excluding hydrogens is 308 g/mol. The summed E-state index contributed by atoms with van der Waals surface area (Å²) >= 11 is 0. The topological polar surface area (TPSA) is 93.2 Å². The zero-order valence-electron chi connectivity index (χ0n) is 13.7. The number of hydrogen-bond acceptors (Lipinski definition) is 6. The molecule has 0 fully saturated rings. The Labute approximate surface area is 140 Å². The number of carbonyl (C=O) groups is 2. The number of Topliss-reactive ketones (excluding diaryl/α,β-unsaturated/α-hetero) is 1. The van der Waals surface area contributed by atoms with E-state index in [1.165, 1.54) is 19.3 Å². The molecule has 24 heavy (non-hydrogen) atoms. The van der Waals surface area contributed by atoms with Crippen molar-refractivity contribution in [2.45, 2.75) is 13.3 Å². The Morgan fingerprint density at radius 1 is 1.17 bits per heavy atom. The summed E-state index contributed by atoms with van der Waals surface area (Å²) in [7, 11) is 1.65. The van der Waals surface area contributed by atoms with E-state index < -0.39 is 0 Å². The molecule has 0 aliphatic carbocycles. The smallest absolute Gasteiger partial charge is 0.258 e. The number of ether oxygens (including phenoxy) is 1. The van der Waals surface area contributed by atoms with Crippen molar-refractivity contribution < 1.29 is 14.3 Å². The van der Waals surface area contributed by atoms with E-state index in [9.17, 15) is 9.59 Å². The average molecular weight is 328 g/mol. The largest absolute Gasteiger partial charge is 0.385 e. The lowest BCUT2D eigenvalue weighted by atomic mass is 10.1. The summed E-state index contributed by atoms with van der Waals surface area (Å²) in [6.07, 6.45) is 3.75. The molecule has 0 aliphatic heterocycles. The van der Waals surface area contributed by atoms with Gasteiger partial charge in [0.1, 0.15) is 0 Å². The fourth-order valence-electron chi connectivity index (χ4n) is 1.97. The fourth-order valence-corrected chi connectivity index (χ4v) is 1.97. The van der Waals surface area contributed by atoms with Crippen molar-refractivity contribution in [3.8, 4) is 0 Å². The second kappa shape index (κ2) is 8.73. The predicted octanol–water partition coefficient (Wildman–Crippen LogP) is 2.38. The maximum absolute atomic E-state index is 12.2. The number of hydrogen-bond donors (Lipinski definition) is 2.